The third kappa shape index (κ3) is 4.21. The van der Waals surface area contributed by atoms with Crippen LogP contribution in [0.15, 0.2) is 77.3 Å². The minimum Gasteiger partial charge on any atom is -0.385 e. The number of hydrogen-bond acceptors (Lipinski definition) is 7. The smallest absolute Gasteiger partial charge is 0.253 e. The number of hydrogen-bond donors (Lipinski definition) is 2. The minimum atomic E-state index is -0.884. The fraction of sp³-hybridized carbons (Fsp3) is 0.208. The summed E-state index contributed by atoms with van der Waals surface area (Å²) in [5, 5.41) is 13.9. The van der Waals surface area contributed by atoms with Gasteiger partial charge in [0.1, 0.15) is 0 Å². The Balaban J connectivity index is 1.21. The van der Waals surface area contributed by atoms with E-state index < -0.39 is 5.60 Å². The Kier molecular flexibility index (Phi) is 5.82. The van der Waals surface area contributed by atoms with Gasteiger partial charge in [0.15, 0.2) is 0 Å². The SMILES string of the molecule is O=C(c1ccc(NSc2cccc3cccnc23)cc1)N1CCC(O)(c2cnsc2)CC1. The van der Waals surface area contributed by atoms with Crippen LogP contribution in [0.2, 0.25) is 0 Å². The van der Waals surface area contributed by atoms with Crippen LogP contribution in [-0.4, -0.2) is 38.4 Å². The number of carbonyl (C=O) groups excluding carboxylic acids is 1. The number of likely N-dealkylation sites (tertiary alicyclic amines) is 1. The van der Waals surface area contributed by atoms with E-state index >= 15 is 0 Å². The highest BCUT2D eigenvalue weighted by molar-refractivity contribution is 8.00. The number of rotatable bonds is 5. The molecule has 8 heteroatoms. The lowest BCUT2D eigenvalue weighted by Crippen LogP contribution is -2.45. The summed E-state index contributed by atoms with van der Waals surface area (Å²) < 4.78 is 7.43. The van der Waals surface area contributed by atoms with Gasteiger partial charge in [-0.2, -0.15) is 0 Å². The first kappa shape index (κ1) is 20.9. The number of para-hydroxylation sites is 1. The van der Waals surface area contributed by atoms with Crippen molar-refractivity contribution in [2.24, 2.45) is 0 Å². The number of nitrogens with one attached hydrogen (secondary N) is 1. The molecule has 0 atom stereocenters. The van der Waals surface area contributed by atoms with Gasteiger partial charge >= 0.3 is 0 Å². The van der Waals surface area contributed by atoms with E-state index in [0.29, 0.717) is 31.5 Å². The van der Waals surface area contributed by atoms with Gasteiger partial charge in [-0.1, -0.05) is 18.2 Å². The highest BCUT2D eigenvalue weighted by atomic mass is 32.2. The lowest BCUT2D eigenvalue weighted by atomic mass is 9.86. The molecule has 0 bridgehead atoms. The number of piperidine rings is 1. The number of aliphatic hydroxyl groups is 1. The maximum Gasteiger partial charge on any atom is 0.253 e. The van der Waals surface area contributed by atoms with E-state index in [1.807, 2.05) is 64.9 Å². The summed E-state index contributed by atoms with van der Waals surface area (Å²) in [6.45, 7) is 1.05. The molecule has 1 saturated heterocycles. The zero-order valence-electron chi connectivity index (χ0n) is 17.3. The van der Waals surface area contributed by atoms with E-state index in [1.165, 1.54) is 23.5 Å². The Morgan fingerprint density at radius 2 is 1.88 bits per heavy atom. The van der Waals surface area contributed by atoms with Crippen LogP contribution < -0.4 is 4.72 Å². The number of nitrogens with zero attached hydrogens (tertiary/aromatic N) is 3. The third-order valence-electron chi connectivity index (χ3n) is 5.85. The Labute approximate surface area is 194 Å². The summed E-state index contributed by atoms with van der Waals surface area (Å²) in [6, 6.07) is 17.6. The molecule has 32 heavy (non-hydrogen) atoms. The minimum absolute atomic E-state index is 0.00653. The van der Waals surface area contributed by atoms with Crippen molar-refractivity contribution in [1.29, 1.82) is 0 Å². The van der Waals surface area contributed by atoms with E-state index in [9.17, 15) is 9.90 Å². The standard InChI is InChI=1S/C24H22N4O2S2/c29-23(28-13-10-24(30,11-14-28)19-15-26-31-16-19)18-6-8-20(9-7-18)27-32-21-5-1-3-17-4-2-12-25-22(17)21/h1-9,12,15-16,27,30H,10-11,13-14H2. The number of benzene rings is 2. The molecule has 0 aliphatic carbocycles. The topological polar surface area (TPSA) is 78.4 Å². The normalized spacial score (nSPS) is 15.6. The van der Waals surface area contributed by atoms with Crippen molar-refractivity contribution in [2.45, 2.75) is 23.3 Å². The predicted octanol–water partition coefficient (Wildman–Crippen LogP) is 4.93. The van der Waals surface area contributed by atoms with E-state index in [2.05, 4.69) is 14.1 Å². The molecule has 2 N–H and O–H groups in total. The molecule has 3 heterocycles. The molecule has 5 rings (SSSR count). The van der Waals surface area contributed by atoms with Gasteiger partial charge in [-0.15, -0.1) is 0 Å². The fourth-order valence-corrected chi connectivity index (χ4v) is 5.35. The third-order valence-corrected chi connectivity index (χ3v) is 7.33. The second kappa shape index (κ2) is 8.90. The molecule has 0 unspecified atom stereocenters. The van der Waals surface area contributed by atoms with Crippen molar-refractivity contribution in [3.63, 3.8) is 0 Å². The van der Waals surface area contributed by atoms with Gasteiger partial charge in [-0.3, -0.25) is 9.78 Å². The van der Waals surface area contributed by atoms with Gasteiger partial charge in [0.2, 0.25) is 0 Å². The first-order chi connectivity index (χ1) is 15.6. The number of amides is 1. The Morgan fingerprint density at radius 3 is 2.62 bits per heavy atom. The fourth-order valence-electron chi connectivity index (χ4n) is 3.94. The van der Waals surface area contributed by atoms with Gasteiger partial charge in [-0.25, -0.2) is 4.37 Å². The van der Waals surface area contributed by atoms with Crippen LogP contribution in [0.1, 0.15) is 28.8 Å². The molecule has 6 nitrogen and oxygen atoms in total. The number of carbonyl (C=O) groups is 1. The van der Waals surface area contributed by atoms with Crippen molar-refractivity contribution < 1.29 is 9.90 Å². The van der Waals surface area contributed by atoms with Crippen LogP contribution in [0.3, 0.4) is 0 Å². The summed E-state index contributed by atoms with van der Waals surface area (Å²) in [7, 11) is 0. The zero-order chi connectivity index (χ0) is 22.0. The molecule has 0 spiro atoms. The molecule has 1 aliphatic rings. The first-order valence-electron chi connectivity index (χ1n) is 10.4. The average molecular weight is 463 g/mol. The average Bonchev–Trinajstić information content (AvgIpc) is 3.39. The van der Waals surface area contributed by atoms with E-state index in [4.69, 9.17) is 0 Å². The first-order valence-corrected chi connectivity index (χ1v) is 12.1. The summed E-state index contributed by atoms with van der Waals surface area (Å²) >= 11 is 2.84. The molecule has 2 aromatic heterocycles. The van der Waals surface area contributed by atoms with Crippen LogP contribution in [0.5, 0.6) is 0 Å². The zero-order valence-corrected chi connectivity index (χ0v) is 18.9. The van der Waals surface area contributed by atoms with Crippen LogP contribution in [0, 0.1) is 0 Å². The Hall–Kier alpha value is -2.94. The van der Waals surface area contributed by atoms with Crippen molar-refractivity contribution in [3.8, 4) is 0 Å². The molecular weight excluding hydrogens is 440 g/mol. The van der Waals surface area contributed by atoms with Crippen molar-refractivity contribution in [1.82, 2.24) is 14.3 Å². The van der Waals surface area contributed by atoms with E-state index in [-0.39, 0.29) is 5.91 Å². The summed E-state index contributed by atoms with van der Waals surface area (Å²) in [5.74, 6) is -0.00653. The van der Waals surface area contributed by atoms with Crippen molar-refractivity contribution in [2.75, 3.05) is 17.8 Å². The molecule has 2 aromatic carbocycles. The molecule has 162 valence electrons. The molecule has 0 saturated carbocycles. The second-order valence-corrected chi connectivity index (χ2v) is 9.36. The quantitative estimate of drug-likeness (QED) is 0.409. The largest absolute Gasteiger partial charge is 0.385 e. The summed E-state index contributed by atoms with van der Waals surface area (Å²) in [6.07, 6.45) is 4.56. The molecular formula is C24H22N4O2S2. The lowest BCUT2D eigenvalue weighted by molar-refractivity contribution is -0.0209. The summed E-state index contributed by atoms with van der Waals surface area (Å²) in [5.41, 5.74) is 2.49. The molecule has 1 fully saturated rings. The Morgan fingerprint density at radius 1 is 1.09 bits per heavy atom. The van der Waals surface area contributed by atoms with Crippen LogP contribution in [0.25, 0.3) is 10.9 Å². The lowest BCUT2D eigenvalue weighted by Gasteiger charge is -2.37. The van der Waals surface area contributed by atoms with Crippen LogP contribution in [-0.2, 0) is 5.60 Å². The molecule has 1 amide bonds. The van der Waals surface area contributed by atoms with E-state index in [0.717, 1.165) is 27.0 Å². The number of aromatic nitrogens is 2. The Bertz CT molecular complexity index is 1220. The molecule has 1 aliphatic heterocycles. The summed E-state index contributed by atoms with van der Waals surface area (Å²) in [4.78, 5) is 20.3. The highest BCUT2D eigenvalue weighted by Gasteiger charge is 2.36. The molecule has 4 aromatic rings. The van der Waals surface area contributed by atoms with Crippen LogP contribution >= 0.6 is 23.5 Å². The highest BCUT2D eigenvalue weighted by Crippen LogP contribution is 2.34. The van der Waals surface area contributed by atoms with Crippen molar-refractivity contribution >= 4 is 46.0 Å². The second-order valence-electron chi connectivity index (χ2n) is 7.85. The van der Waals surface area contributed by atoms with E-state index in [1.54, 1.807) is 12.4 Å². The van der Waals surface area contributed by atoms with Crippen molar-refractivity contribution in [3.05, 3.63) is 83.5 Å². The number of fused-ring (bicyclic) bond motifs is 1. The predicted molar refractivity (Wildman–Crippen MR) is 129 cm³/mol. The number of pyridine rings is 1. The molecule has 0 radical (unpaired) electrons. The monoisotopic (exact) mass is 462 g/mol. The van der Waals surface area contributed by atoms with Crippen LogP contribution in [0.4, 0.5) is 5.69 Å². The van der Waals surface area contributed by atoms with Gasteiger partial charge in [-0.05, 0) is 72.7 Å². The van der Waals surface area contributed by atoms with Gasteiger partial charge < -0.3 is 14.7 Å². The maximum atomic E-state index is 12.9. The van der Waals surface area contributed by atoms with Gasteiger partial charge in [0.05, 0.1) is 16.0 Å². The number of anilines is 1. The maximum absolute atomic E-state index is 12.9. The van der Waals surface area contributed by atoms with Gasteiger partial charge in [0, 0.05) is 53.1 Å². The van der Waals surface area contributed by atoms with Gasteiger partial charge in [0.25, 0.3) is 5.91 Å².